The molecule has 20 heavy (non-hydrogen) atoms. The predicted molar refractivity (Wildman–Crippen MR) is 84.5 cm³/mol. The average molecular weight is 276 g/mol. The highest BCUT2D eigenvalue weighted by Crippen LogP contribution is 2.39. The van der Waals surface area contributed by atoms with Crippen molar-refractivity contribution in [1.82, 2.24) is 0 Å². The number of benzene rings is 1. The van der Waals surface area contributed by atoms with Gasteiger partial charge in [-0.15, -0.1) is 0 Å². The molecule has 0 amide bonds. The Morgan fingerprint density at radius 3 is 2.00 bits per heavy atom. The van der Waals surface area contributed by atoms with Crippen molar-refractivity contribution in [3.05, 3.63) is 28.8 Å². The molecule has 0 heterocycles. The summed E-state index contributed by atoms with van der Waals surface area (Å²) < 4.78 is 0. The van der Waals surface area contributed by atoms with Gasteiger partial charge >= 0.3 is 0 Å². The second-order valence-corrected chi connectivity index (χ2v) is 7.69. The van der Waals surface area contributed by atoms with E-state index in [2.05, 4.69) is 41.5 Å². The first-order valence-corrected chi connectivity index (χ1v) is 7.30. The molecule has 0 atom stereocenters. The molecule has 1 N–H and O–H groups in total. The average Bonchev–Trinajstić information content (AvgIpc) is 2.22. The first kappa shape index (κ1) is 16.7. The van der Waals surface area contributed by atoms with Crippen molar-refractivity contribution in [2.24, 2.45) is 0 Å². The van der Waals surface area contributed by atoms with Gasteiger partial charge in [0.1, 0.15) is 11.5 Å². The van der Waals surface area contributed by atoms with E-state index in [0.717, 1.165) is 11.1 Å². The van der Waals surface area contributed by atoms with Crippen molar-refractivity contribution in [3.63, 3.8) is 0 Å². The molecule has 1 rings (SSSR count). The number of hydrogen-bond acceptors (Lipinski definition) is 2. The van der Waals surface area contributed by atoms with Crippen LogP contribution in [0.15, 0.2) is 12.1 Å². The van der Waals surface area contributed by atoms with Crippen LogP contribution in [0.4, 0.5) is 0 Å². The van der Waals surface area contributed by atoms with E-state index in [9.17, 15) is 9.90 Å². The van der Waals surface area contributed by atoms with E-state index in [0.29, 0.717) is 18.6 Å². The van der Waals surface area contributed by atoms with Crippen molar-refractivity contribution in [3.8, 4) is 5.75 Å². The Labute approximate surface area is 123 Å². The van der Waals surface area contributed by atoms with Crippen LogP contribution in [0.5, 0.6) is 5.75 Å². The topological polar surface area (TPSA) is 37.3 Å². The molecule has 0 spiro atoms. The quantitative estimate of drug-likeness (QED) is 0.882. The minimum absolute atomic E-state index is 0.000176. The van der Waals surface area contributed by atoms with Crippen molar-refractivity contribution < 1.29 is 9.90 Å². The summed E-state index contributed by atoms with van der Waals surface area (Å²) in [6, 6.07) is 3.79. The molecule has 0 fully saturated rings. The van der Waals surface area contributed by atoms with E-state index in [1.165, 1.54) is 5.56 Å². The van der Waals surface area contributed by atoms with Gasteiger partial charge in [0.2, 0.25) is 0 Å². The summed E-state index contributed by atoms with van der Waals surface area (Å²) in [4.78, 5) is 11.4. The Balaban J connectivity index is 3.52. The second-order valence-electron chi connectivity index (χ2n) is 7.69. The van der Waals surface area contributed by atoms with Gasteiger partial charge in [0.25, 0.3) is 0 Å². The highest BCUT2D eigenvalue weighted by Gasteiger charge is 2.27. The van der Waals surface area contributed by atoms with Gasteiger partial charge in [-0.3, -0.25) is 0 Å². The van der Waals surface area contributed by atoms with E-state index in [1.807, 2.05) is 6.07 Å². The first-order valence-electron chi connectivity index (χ1n) is 7.30. The zero-order chi connectivity index (χ0) is 15.7. The van der Waals surface area contributed by atoms with Gasteiger partial charge < -0.3 is 9.90 Å². The third-order valence-electron chi connectivity index (χ3n) is 3.58. The van der Waals surface area contributed by atoms with Gasteiger partial charge in [-0.25, -0.2) is 0 Å². The summed E-state index contributed by atoms with van der Waals surface area (Å²) in [5.74, 6) is 0.525. The molecule has 0 bridgehead atoms. The summed E-state index contributed by atoms with van der Waals surface area (Å²) in [6.07, 6.45) is 1.22. The highest BCUT2D eigenvalue weighted by molar-refractivity contribution is 5.76. The Morgan fingerprint density at radius 2 is 1.60 bits per heavy atom. The van der Waals surface area contributed by atoms with Gasteiger partial charge in [0, 0.05) is 12.0 Å². The van der Waals surface area contributed by atoms with Crippen LogP contribution >= 0.6 is 0 Å². The van der Waals surface area contributed by atoms with Gasteiger partial charge in [-0.1, -0.05) is 47.6 Å². The van der Waals surface area contributed by atoms with E-state index in [4.69, 9.17) is 0 Å². The number of carbonyl (C=O) groups excluding carboxylic acids is 1. The van der Waals surface area contributed by atoms with Crippen molar-refractivity contribution in [2.75, 3.05) is 0 Å². The molecule has 1 aromatic carbocycles. The summed E-state index contributed by atoms with van der Waals surface area (Å²) in [6.45, 7) is 14.4. The lowest BCUT2D eigenvalue weighted by atomic mass is 9.74. The Hall–Kier alpha value is -1.31. The SMILES string of the molecule is CC(=O)CCc1c(C(C)(C)C)ccc(O)c1C(C)(C)C. The molecule has 0 aliphatic heterocycles. The van der Waals surface area contributed by atoms with E-state index >= 15 is 0 Å². The van der Waals surface area contributed by atoms with Crippen molar-refractivity contribution in [2.45, 2.75) is 72.1 Å². The molecule has 0 saturated carbocycles. The molecule has 0 unspecified atom stereocenters. The monoisotopic (exact) mass is 276 g/mol. The molecular formula is C18H28O2. The lowest BCUT2D eigenvalue weighted by molar-refractivity contribution is -0.116. The number of ketones is 1. The minimum Gasteiger partial charge on any atom is -0.508 e. The van der Waals surface area contributed by atoms with E-state index in [-0.39, 0.29) is 16.6 Å². The molecule has 2 nitrogen and oxygen atoms in total. The predicted octanol–water partition coefficient (Wildman–Crippen LogP) is 4.51. The molecule has 0 aliphatic rings. The maximum atomic E-state index is 11.4. The standard InChI is InChI=1S/C18H28O2/c1-12(19)8-9-13-14(17(2,3)4)10-11-15(20)16(13)18(5,6)7/h10-11,20H,8-9H2,1-7H3. The summed E-state index contributed by atoms with van der Waals surface area (Å²) in [5.41, 5.74) is 3.20. The molecule has 0 radical (unpaired) electrons. The van der Waals surface area contributed by atoms with Crippen LogP contribution in [0.25, 0.3) is 0 Å². The number of phenols is 1. The number of aromatic hydroxyl groups is 1. The van der Waals surface area contributed by atoms with Gasteiger partial charge in [0.15, 0.2) is 0 Å². The fourth-order valence-electron chi connectivity index (χ4n) is 2.74. The number of phenolic OH excluding ortho intramolecular Hbond substituents is 1. The summed E-state index contributed by atoms with van der Waals surface area (Å²) in [7, 11) is 0. The third kappa shape index (κ3) is 3.84. The Bertz CT molecular complexity index is 499. The zero-order valence-electron chi connectivity index (χ0n) is 13.9. The molecule has 2 heteroatoms. The Kier molecular flexibility index (Phi) is 4.68. The largest absolute Gasteiger partial charge is 0.508 e. The van der Waals surface area contributed by atoms with Crippen LogP contribution < -0.4 is 0 Å². The number of rotatable bonds is 3. The Morgan fingerprint density at radius 1 is 1.05 bits per heavy atom. The molecule has 112 valence electrons. The maximum Gasteiger partial charge on any atom is 0.130 e. The lowest BCUT2D eigenvalue weighted by Gasteiger charge is -2.30. The molecule has 0 aromatic heterocycles. The van der Waals surface area contributed by atoms with Crippen molar-refractivity contribution >= 4 is 5.78 Å². The van der Waals surface area contributed by atoms with Crippen LogP contribution in [0.3, 0.4) is 0 Å². The van der Waals surface area contributed by atoms with Gasteiger partial charge in [-0.05, 0) is 41.4 Å². The van der Waals surface area contributed by atoms with Gasteiger partial charge in [0.05, 0.1) is 0 Å². The van der Waals surface area contributed by atoms with Crippen LogP contribution in [-0.4, -0.2) is 10.9 Å². The van der Waals surface area contributed by atoms with Gasteiger partial charge in [-0.2, -0.15) is 0 Å². The summed E-state index contributed by atoms with van der Waals surface area (Å²) in [5, 5.41) is 10.3. The number of hydrogen-bond donors (Lipinski definition) is 1. The van der Waals surface area contributed by atoms with E-state index in [1.54, 1.807) is 13.0 Å². The molecule has 1 aromatic rings. The second kappa shape index (κ2) is 5.59. The molecule has 0 saturated heterocycles. The zero-order valence-corrected chi connectivity index (χ0v) is 13.9. The number of Topliss-reactive ketones (excluding diaryl/α,β-unsaturated/α-hetero) is 1. The highest BCUT2D eigenvalue weighted by atomic mass is 16.3. The third-order valence-corrected chi connectivity index (χ3v) is 3.58. The lowest BCUT2D eigenvalue weighted by Crippen LogP contribution is -2.21. The van der Waals surface area contributed by atoms with Crippen LogP contribution in [0.1, 0.15) is 71.6 Å². The maximum absolute atomic E-state index is 11.4. The van der Waals surface area contributed by atoms with Crippen molar-refractivity contribution in [1.29, 1.82) is 0 Å². The normalized spacial score (nSPS) is 12.6. The van der Waals surface area contributed by atoms with Crippen LogP contribution in [-0.2, 0) is 22.0 Å². The fourth-order valence-corrected chi connectivity index (χ4v) is 2.74. The van der Waals surface area contributed by atoms with Crippen LogP contribution in [0, 0.1) is 0 Å². The fraction of sp³-hybridized carbons (Fsp3) is 0.611. The summed E-state index contributed by atoms with van der Waals surface area (Å²) >= 11 is 0. The smallest absolute Gasteiger partial charge is 0.130 e. The molecule has 0 aliphatic carbocycles. The molecular weight excluding hydrogens is 248 g/mol. The minimum atomic E-state index is -0.141. The van der Waals surface area contributed by atoms with E-state index < -0.39 is 0 Å². The first-order chi connectivity index (χ1) is 8.94. The number of carbonyl (C=O) groups is 1. The van der Waals surface area contributed by atoms with Crippen LogP contribution in [0.2, 0.25) is 0 Å².